The molecular formula is C10H14FN5O2. The number of aromatic amines is 1. The summed E-state index contributed by atoms with van der Waals surface area (Å²) in [6, 6.07) is 0. The second kappa shape index (κ2) is 5.23. The molecule has 7 nitrogen and oxygen atoms in total. The van der Waals surface area contributed by atoms with Crippen LogP contribution in [0.5, 0.6) is 0 Å². The number of halogens is 1. The van der Waals surface area contributed by atoms with Crippen LogP contribution >= 0.6 is 0 Å². The Morgan fingerprint density at radius 3 is 3.11 bits per heavy atom. The Balaban J connectivity index is 2.07. The number of amidine groups is 2. The highest BCUT2D eigenvalue weighted by atomic mass is 19.1. The minimum absolute atomic E-state index is 0.0179. The molecule has 2 rings (SSSR count). The van der Waals surface area contributed by atoms with Crippen LogP contribution in [-0.4, -0.2) is 39.7 Å². The van der Waals surface area contributed by atoms with Crippen molar-refractivity contribution < 1.29 is 14.2 Å². The first-order valence-corrected chi connectivity index (χ1v) is 5.50. The van der Waals surface area contributed by atoms with E-state index in [2.05, 4.69) is 15.0 Å². The van der Waals surface area contributed by atoms with Crippen LogP contribution in [0.15, 0.2) is 11.2 Å². The maximum absolute atomic E-state index is 12.3. The zero-order valence-corrected chi connectivity index (χ0v) is 9.56. The van der Waals surface area contributed by atoms with Crippen LogP contribution < -0.4 is 5.73 Å². The van der Waals surface area contributed by atoms with Gasteiger partial charge in [-0.1, -0.05) is 0 Å². The Hall–Kier alpha value is -1.80. The number of aliphatic imine (C=N–C) groups is 1. The molecule has 2 heterocycles. The van der Waals surface area contributed by atoms with E-state index in [9.17, 15) is 4.39 Å². The molecule has 2 atom stereocenters. The van der Waals surface area contributed by atoms with Crippen LogP contribution in [0.25, 0.3) is 0 Å². The van der Waals surface area contributed by atoms with Crippen LogP contribution in [-0.2, 0) is 4.74 Å². The zero-order valence-electron chi connectivity index (χ0n) is 9.56. The van der Waals surface area contributed by atoms with E-state index >= 15 is 0 Å². The number of hydrogen-bond donors (Lipinski definition) is 4. The average Bonchev–Trinajstić information content (AvgIpc) is 2.96. The van der Waals surface area contributed by atoms with Crippen molar-refractivity contribution in [2.24, 2.45) is 10.7 Å². The molecular weight excluding hydrogens is 241 g/mol. The van der Waals surface area contributed by atoms with Crippen molar-refractivity contribution in [3.8, 4) is 0 Å². The normalized spacial score (nSPS) is 24.4. The third-order valence-electron chi connectivity index (χ3n) is 2.70. The van der Waals surface area contributed by atoms with E-state index in [-0.39, 0.29) is 30.5 Å². The van der Waals surface area contributed by atoms with E-state index in [1.165, 1.54) is 6.20 Å². The number of rotatable bonds is 3. The summed E-state index contributed by atoms with van der Waals surface area (Å²) in [6.45, 7) is -0.0179. The van der Waals surface area contributed by atoms with Crippen molar-refractivity contribution in [3.05, 3.63) is 17.7 Å². The van der Waals surface area contributed by atoms with E-state index in [0.29, 0.717) is 5.69 Å². The van der Waals surface area contributed by atoms with Crippen molar-refractivity contribution in [1.82, 2.24) is 9.97 Å². The third kappa shape index (κ3) is 2.71. The molecule has 2 unspecified atom stereocenters. The number of H-pyrrole nitrogens is 1. The Morgan fingerprint density at radius 1 is 1.72 bits per heavy atom. The molecule has 0 aliphatic carbocycles. The van der Waals surface area contributed by atoms with Gasteiger partial charge in [-0.2, -0.15) is 9.38 Å². The molecule has 98 valence electrons. The van der Waals surface area contributed by atoms with Gasteiger partial charge in [0, 0.05) is 0 Å². The lowest BCUT2D eigenvalue weighted by Gasteiger charge is -2.09. The smallest absolute Gasteiger partial charge is 0.281 e. The van der Waals surface area contributed by atoms with Gasteiger partial charge in [0.2, 0.25) is 0 Å². The first kappa shape index (κ1) is 12.7. The number of nitrogens with two attached hydrogens (primary N) is 1. The predicted molar refractivity (Wildman–Crippen MR) is 62.1 cm³/mol. The van der Waals surface area contributed by atoms with Crippen molar-refractivity contribution in [1.29, 1.82) is 5.41 Å². The number of aromatic nitrogens is 2. The number of aliphatic hydroxyl groups is 1. The van der Waals surface area contributed by atoms with Crippen molar-refractivity contribution in [3.63, 3.8) is 0 Å². The number of hydrogen-bond acceptors (Lipinski definition) is 4. The van der Waals surface area contributed by atoms with Gasteiger partial charge in [-0.25, -0.2) is 4.98 Å². The molecule has 0 bridgehead atoms. The van der Waals surface area contributed by atoms with Gasteiger partial charge >= 0.3 is 0 Å². The second-order valence-corrected chi connectivity index (χ2v) is 3.98. The molecule has 1 aromatic heterocycles. The monoisotopic (exact) mass is 255 g/mol. The molecule has 1 aromatic rings. The predicted octanol–water partition coefficient (Wildman–Crippen LogP) is 0.232. The van der Waals surface area contributed by atoms with E-state index in [4.69, 9.17) is 21.0 Å². The summed E-state index contributed by atoms with van der Waals surface area (Å²) in [6.07, 6.45) is 1.49. The lowest BCUT2D eigenvalue weighted by Crippen LogP contribution is -2.11. The molecule has 0 saturated carbocycles. The van der Waals surface area contributed by atoms with E-state index < -0.39 is 6.09 Å². The number of imidazole rings is 1. The summed E-state index contributed by atoms with van der Waals surface area (Å²) >= 11 is 0. The highest BCUT2D eigenvalue weighted by Gasteiger charge is 2.27. The SMILES string of the molecule is N=C(N=C(N)F)c1ncc(C2CCC(CO)O2)[nH]1. The quantitative estimate of drug-likeness (QED) is 0.351. The van der Waals surface area contributed by atoms with Crippen LogP contribution in [0.1, 0.15) is 30.5 Å². The molecule has 0 radical (unpaired) electrons. The van der Waals surface area contributed by atoms with Gasteiger partial charge in [0.15, 0.2) is 11.7 Å². The molecule has 0 aromatic carbocycles. The second-order valence-electron chi connectivity index (χ2n) is 3.98. The maximum Gasteiger partial charge on any atom is 0.281 e. The topological polar surface area (TPSA) is 120 Å². The Labute approximate surface area is 102 Å². The third-order valence-corrected chi connectivity index (χ3v) is 2.70. The Bertz CT molecular complexity index is 469. The lowest BCUT2D eigenvalue weighted by atomic mass is 10.1. The van der Waals surface area contributed by atoms with Crippen LogP contribution in [0.4, 0.5) is 4.39 Å². The highest BCUT2D eigenvalue weighted by molar-refractivity contribution is 5.99. The lowest BCUT2D eigenvalue weighted by molar-refractivity contribution is 0.00939. The molecule has 1 aliphatic rings. The van der Waals surface area contributed by atoms with Crippen LogP contribution in [0.2, 0.25) is 0 Å². The molecule has 1 aliphatic heterocycles. The standard InChI is InChI=1S/C10H14FN5O2/c11-10(13)16-8(12)9-14-3-6(15-9)7-2-1-5(4-17)18-7/h3,5,7,17H,1-2,4H2,(H,14,15)(H3,12,13,16). The fourth-order valence-electron chi connectivity index (χ4n) is 1.85. The minimum atomic E-state index is -1.18. The number of nitrogens with one attached hydrogen (secondary N) is 2. The Morgan fingerprint density at radius 2 is 2.50 bits per heavy atom. The van der Waals surface area contributed by atoms with E-state index in [1.807, 2.05) is 0 Å². The number of ether oxygens (including phenoxy) is 1. The van der Waals surface area contributed by atoms with Crippen molar-refractivity contribution in [2.75, 3.05) is 6.61 Å². The summed E-state index contributed by atoms with van der Waals surface area (Å²) in [5.74, 6) is -0.250. The number of nitrogens with zero attached hydrogens (tertiary/aromatic N) is 2. The first-order valence-electron chi connectivity index (χ1n) is 5.50. The fraction of sp³-hybridized carbons (Fsp3) is 0.500. The summed E-state index contributed by atoms with van der Waals surface area (Å²) in [5, 5.41) is 16.4. The Kier molecular flexibility index (Phi) is 3.68. The van der Waals surface area contributed by atoms with Gasteiger partial charge in [-0.15, -0.1) is 0 Å². The van der Waals surface area contributed by atoms with Crippen LogP contribution in [0.3, 0.4) is 0 Å². The first-order chi connectivity index (χ1) is 8.60. The van der Waals surface area contributed by atoms with E-state index in [0.717, 1.165) is 12.8 Å². The summed E-state index contributed by atoms with van der Waals surface area (Å²) in [5.41, 5.74) is 5.42. The van der Waals surface area contributed by atoms with Gasteiger partial charge < -0.3 is 20.6 Å². The summed E-state index contributed by atoms with van der Waals surface area (Å²) in [4.78, 5) is 9.90. The van der Waals surface area contributed by atoms with E-state index in [1.54, 1.807) is 0 Å². The van der Waals surface area contributed by atoms with Gasteiger partial charge in [0.1, 0.15) is 0 Å². The summed E-state index contributed by atoms with van der Waals surface area (Å²) in [7, 11) is 0. The molecule has 1 fully saturated rings. The van der Waals surface area contributed by atoms with Gasteiger partial charge in [0.05, 0.1) is 30.7 Å². The average molecular weight is 255 g/mol. The molecule has 18 heavy (non-hydrogen) atoms. The largest absolute Gasteiger partial charge is 0.394 e. The van der Waals surface area contributed by atoms with Gasteiger partial charge in [-0.3, -0.25) is 5.41 Å². The van der Waals surface area contributed by atoms with Crippen molar-refractivity contribution in [2.45, 2.75) is 25.0 Å². The van der Waals surface area contributed by atoms with Gasteiger partial charge in [0.25, 0.3) is 6.09 Å². The molecule has 0 spiro atoms. The minimum Gasteiger partial charge on any atom is -0.394 e. The highest BCUT2D eigenvalue weighted by Crippen LogP contribution is 2.31. The van der Waals surface area contributed by atoms with Crippen molar-refractivity contribution >= 4 is 11.9 Å². The molecule has 0 amide bonds. The molecule has 5 N–H and O–H groups in total. The summed E-state index contributed by atoms with van der Waals surface area (Å²) < 4.78 is 17.9. The fourth-order valence-corrected chi connectivity index (χ4v) is 1.85. The van der Waals surface area contributed by atoms with Crippen LogP contribution in [0, 0.1) is 5.41 Å². The maximum atomic E-state index is 12.3. The molecule has 8 heteroatoms. The molecule has 1 saturated heterocycles. The van der Waals surface area contributed by atoms with Gasteiger partial charge in [-0.05, 0) is 12.8 Å². The zero-order chi connectivity index (χ0) is 13.1. The number of aliphatic hydroxyl groups excluding tert-OH is 1.